The summed E-state index contributed by atoms with van der Waals surface area (Å²) < 4.78 is 40.2. The molecular weight excluding hydrogens is 502 g/mol. The number of piperidine rings is 1. The van der Waals surface area contributed by atoms with Gasteiger partial charge in [-0.3, -0.25) is 4.72 Å². The number of hydrogen-bond donors (Lipinski definition) is 1. The van der Waals surface area contributed by atoms with Crippen LogP contribution < -0.4 is 9.62 Å². The lowest BCUT2D eigenvalue weighted by Crippen LogP contribution is -2.43. The number of ether oxygens (including phenoxy) is 2. The highest BCUT2D eigenvalue weighted by molar-refractivity contribution is 7.92. The molecule has 0 aromatic heterocycles. The van der Waals surface area contributed by atoms with Gasteiger partial charge in [0.25, 0.3) is 10.0 Å². The molecule has 1 aliphatic heterocycles. The number of anilines is 2. The second-order valence-electron chi connectivity index (χ2n) is 8.18. The summed E-state index contributed by atoms with van der Waals surface area (Å²) in [6, 6.07) is 9.18. The van der Waals surface area contributed by atoms with E-state index in [9.17, 15) is 18.5 Å². The van der Waals surface area contributed by atoms with Crippen molar-refractivity contribution in [2.24, 2.45) is 0 Å². The molecule has 0 radical (unpaired) electrons. The molecule has 2 aromatic rings. The first-order valence-corrected chi connectivity index (χ1v) is 13.2. The molecule has 1 atom stereocenters. The fourth-order valence-electron chi connectivity index (χ4n) is 4.13. The number of nitrogens with one attached hydrogen (secondary N) is 1. The quantitative estimate of drug-likeness (QED) is 0.262. The zero-order valence-electron chi connectivity index (χ0n) is 20.0. The van der Waals surface area contributed by atoms with Crippen molar-refractivity contribution in [3.8, 4) is 6.07 Å². The highest BCUT2D eigenvalue weighted by Crippen LogP contribution is 2.37. The lowest BCUT2D eigenvalue weighted by molar-refractivity contribution is 0.0600. The van der Waals surface area contributed by atoms with Gasteiger partial charge in [0.1, 0.15) is 6.07 Å². The minimum absolute atomic E-state index is 0.0163. The molecule has 0 unspecified atom stereocenters. The zero-order valence-corrected chi connectivity index (χ0v) is 21.6. The minimum atomic E-state index is -4.21. The molecule has 190 valence electrons. The molecule has 36 heavy (non-hydrogen) atoms. The van der Waals surface area contributed by atoms with Gasteiger partial charge in [0, 0.05) is 6.54 Å². The van der Waals surface area contributed by atoms with Crippen LogP contribution in [0.1, 0.15) is 40.7 Å². The van der Waals surface area contributed by atoms with E-state index in [0.29, 0.717) is 31.0 Å². The Labute approximate surface area is 216 Å². The highest BCUT2D eigenvalue weighted by atomic mass is 35.5. The molecule has 0 bridgehead atoms. The predicted molar refractivity (Wildman–Crippen MR) is 141 cm³/mol. The van der Waals surface area contributed by atoms with Gasteiger partial charge >= 0.3 is 5.97 Å². The Kier molecular flexibility index (Phi) is 9.15. The SMILES string of the molecule is C=CCOC[C@@H]1CCCCN1c1cc(Cl)c(C#N)cc1NS(=O)(=O)c1cc(C(=O)OC)ccc1C=C. The normalized spacial score (nSPS) is 15.6. The van der Waals surface area contributed by atoms with Crippen LogP contribution in [0.25, 0.3) is 6.08 Å². The van der Waals surface area contributed by atoms with E-state index in [4.69, 9.17) is 21.1 Å². The molecule has 0 aliphatic carbocycles. The van der Waals surface area contributed by atoms with Crippen LogP contribution in [0.4, 0.5) is 11.4 Å². The molecule has 3 rings (SSSR count). The van der Waals surface area contributed by atoms with Gasteiger partial charge in [0.15, 0.2) is 0 Å². The average molecular weight is 530 g/mol. The van der Waals surface area contributed by atoms with Crippen LogP contribution in [-0.4, -0.2) is 47.3 Å². The van der Waals surface area contributed by atoms with Gasteiger partial charge in [0.05, 0.1) is 58.8 Å². The first-order valence-electron chi connectivity index (χ1n) is 11.3. The number of hydrogen-bond acceptors (Lipinski definition) is 7. The van der Waals surface area contributed by atoms with Crippen molar-refractivity contribution in [3.05, 3.63) is 71.3 Å². The van der Waals surface area contributed by atoms with Gasteiger partial charge in [-0.25, -0.2) is 13.2 Å². The molecular formula is C26H28ClN3O5S. The first-order chi connectivity index (χ1) is 17.2. The number of nitriles is 1. The van der Waals surface area contributed by atoms with E-state index in [1.165, 1.54) is 37.5 Å². The number of nitrogens with zero attached hydrogens (tertiary/aromatic N) is 2. The van der Waals surface area contributed by atoms with E-state index in [1.807, 2.05) is 6.07 Å². The molecule has 1 fully saturated rings. The standard InChI is InChI=1S/C26H28ClN3O5S/c1-4-12-35-17-21-8-6-7-11-30(21)24-15-22(27)20(16-28)13-23(24)29-36(32,33)25-14-19(26(31)34-3)10-9-18(25)5-2/h4-5,9-10,13-15,21,29H,1-2,6-8,11-12,17H2,3H3/t21-/m0/s1. The number of benzene rings is 2. The number of halogens is 1. The van der Waals surface area contributed by atoms with Crippen molar-refractivity contribution in [1.29, 1.82) is 5.26 Å². The summed E-state index contributed by atoms with van der Waals surface area (Å²) in [5, 5.41) is 9.76. The molecule has 1 aliphatic rings. The summed E-state index contributed by atoms with van der Waals surface area (Å²) in [5.41, 5.74) is 1.25. The molecule has 10 heteroatoms. The fourth-order valence-corrected chi connectivity index (χ4v) is 5.63. The Hall–Kier alpha value is -3.32. The van der Waals surface area contributed by atoms with E-state index in [-0.39, 0.29) is 32.8 Å². The molecule has 2 aromatic carbocycles. The summed E-state index contributed by atoms with van der Waals surface area (Å²) in [6.45, 7) is 8.85. The van der Waals surface area contributed by atoms with Crippen LogP contribution in [0, 0.1) is 11.3 Å². The Morgan fingerprint density at radius 2 is 2.08 bits per heavy atom. The third kappa shape index (κ3) is 6.08. The number of methoxy groups -OCH3 is 1. The molecule has 0 saturated carbocycles. The van der Waals surface area contributed by atoms with Crippen molar-refractivity contribution >= 4 is 45.0 Å². The van der Waals surface area contributed by atoms with Gasteiger partial charge in [-0.1, -0.05) is 36.4 Å². The zero-order chi connectivity index (χ0) is 26.3. The van der Waals surface area contributed by atoms with Gasteiger partial charge in [0.2, 0.25) is 0 Å². The topological polar surface area (TPSA) is 109 Å². The Morgan fingerprint density at radius 1 is 1.31 bits per heavy atom. The van der Waals surface area contributed by atoms with E-state index < -0.39 is 16.0 Å². The molecule has 1 saturated heterocycles. The summed E-state index contributed by atoms with van der Waals surface area (Å²) in [5.74, 6) is -0.670. The van der Waals surface area contributed by atoms with Crippen molar-refractivity contribution in [3.63, 3.8) is 0 Å². The maximum atomic E-state index is 13.6. The Balaban J connectivity index is 2.08. The van der Waals surface area contributed by atoms with Crippen molar-refractivity contribution in [1.82, 2.24) is 0 Å². The predicted octanol–water partition coefficient (Wildman–Crippen LogP) is 5.00. The molecule has 0 spiro atoms. The van der Waals surface area contributed by atoms with Gasteiger partial charge in [-0.05, 0) is 49.1 Å². The fraction of sp³-hybridized carbons (Fsp3) is 0.308. The van der Waals surface area contributed by atoms with Crippen LogP contribution in [0.3, 0.4) is 0 Å². The molecule has 8 nitrogen and oxygen atoms in total. The van der Waals surface area contributed by atoms with Crippen molar-refractivity contribution < 1.29 is 22.7 Å². The van der Waals surface area contributed by atoms with Crippen LogP contribution in [0.2, 0.25) is 5.02 Å². The molecule has 1 N–H and O–H groups in total. The number of rotatable bonds is 10. The third-order valence-corrected chi connectivity index (χ3v) is 7.61. The number of sulfonamides is 1. The van der Waals surface area contributed by atoms with E-state index in [2.05, 4.69) is 22.8 Å². The van der Waals surface area contributed by atoms with Gasteiger partial charge in [-0.15, -0.1) is 6.58 Å². The van der Waals surface area contributed by atoms with Crippen LogP contribution in [0.5, 0.6) is 0 Å². The summed E-state index contributed by atoms with van der Waals surface area (Å²) in [4.78, 5) is 13.9. The summed E-state index contributed by atoms with van der Waals surface area (Å²) in [6.07, 6.45) is 5.82. The van der Waals surface area contributed by atoms with Crippen molar-refractivity contribution in [2.45, 2.75) is 30.2 Å². The van der Waals surface area contributed by atoms with E-state index in [0.717, 1.165) is 19.3 Å². The molecule has 0 amide bonds. The van der Waals surface area contributed by atoms with Crippen molar-refractivity contribution in [2.75, 3.05) is 36.5 Å². The lowest BCUT2D eigenvalue weighted by atomic mass is 10.0. The second-order valence-corrected chi connectivity index (χ2v) is 10.2. The van der Waals surface area contributed by atoms with Crippen LogP contribution in [0.15, 0.2) is 54.5 Å². The molecule has 1 heterocycles. The van der Waals surface area contributed by atoms with Crippen LogP contribution >= 0.6 is 11.6 Å². The number of carbonyl (C=O) groups is 1. The maximum absolute atomic E-state index is 13.6. The first kappa shape index (κ1) is 27.3. The largest absolute Gasteiger partial charge is 0.465 e. The highest BCUT2D eigenvalue weighted by Gasteiger charge is 2.28. The minimum Gasteiger partial charge on any atom is -0.465 e. The average Bonchev–Trinajstić information content (AvgIpc) is 2.89. The van der Waals surface area contributed by atoms with Gasteiger partial charge in [-0.2, -0.15) is 5.26 Å². The number of carbonyl (C=O) groups excluding carboxylic acids is 1. The smallest absolute Gasteiger partial charge is 0.337 e. The maximum Gasteiger partial charge on any atom is 0.337 e. The lowest BCUT2D eigenvalue weighted by Gasteiger charge is -2.38. The monoisotopic (exact) mass is 529 g/mol. The summed E-state index contributed by atoms with van der Waals surface area (Å²) in [7, 11) is -2.99. The van der Waals surface area contributed by atoms with Crippen LogP contribution in [-0.2, 0) is 19.5 Å². The summed E-state index contributed by atoms with van der Waals surface area (Å²) >= 11 is 6.37. The van der Waals surface area contributed by atoms with E-state index in [1.54, 1.807) is 12.1 Å². The third-order valence-electron chi connectivity index (χ3n) is 5.88. The van der Waals surface area contributed by atoms with Gasteiger partial charge < -0.3 is 14.4 Å². The second kappa shape index (κ2) is 12.1. The Morgan fingerprint density at radius 3 is 2.75 bits per heavy atom. The van der Waals surface area contributed by atoms with E-state index >= 15 is 0 Å². The number of esters is 1. The Bertz CT molecular complexity index is 1300.